The molecular formula is C16H28N2O5S. The largest absolute Gasteiger partial charge is 0.444 e. The number of rotatable bonds is 3. The molecule has 7 nitrogen and oxygen atoms in total. The van der Waals surface area contributed by atoms with Crippen molar-refractivity contribution >= 4 is 16.1 Å². The molecule has 3 fully saturated rings. The van der Waals surface area contributed by atoms with E-state index >= 15 is 0 Å². The number of sulfonamides is 1. The van der Waals surface area contributed by atoms with Crippen LogP contribution in [0.15, 0.2) is 0 Å². The smallest absolute Gasteiger partial charge is 0.410 e. The molecule has 1 atom stereocenters. The number of nitrogens with zero attached hydrogens (tertiary/aromatic N) is 1. The molecule has 1 aliphatic carbocycles. The van der Waals surface area contributed by atoms with Gasteiger partial charge in [-0.1, -0.05) is 0 Å². The molecule has 2 aliphatic heterocycles. The van der Waals surface area contributed by atoms with Gasteiger partial charge in [0.1, 0.15) is 5.60 Å². The molecule has 0 radical (unpaired) electrons. The number of amides is 1. The van der Waals surface area contributed by atoms with Crippen molar-refractivity contribution in [2.24, 2.45) is 0 Å². The number of carbonyl (C=O) groups excluding carboxylic acids is 1. The first-order valence-corrected chi connectivity index (χ1v) is 10.3. The Morgan fingerprint density at radius 3 is 2.42 bits per heavy atom. The molecule has 0 unspecified atom stereocenters. The zero-order chi connectivity index (χ0) is 17.6. The second-order valence-corrected chi connectivity index (χ2v) is 10.2. The lowest BCUT2D eigenvalue weighted by atomic mass is 9.88. The number of hydrogen-bond acceptors (Lipinski definition) is 5. The highest BCUT2D eigenvalue weighted by Gasteiger charge is 2.46. The molecule has 2 heterocycles. The van der Waals surface area contributed by atoms with Gasteiger partial charge < -0.3 is 14.4 Å². The summed E-state index contributed by atoms with van der Waals surface area (Å²) in [5.74, 6) is 0. The first-order valence-electron chi connectivity index (χ1n) is 8.72. The van der Waals surface area contributed by atoms with Gasteiger partial charge in [0, 0.05) is 19.1 Å². The van der Waals surface area contributed by atoms with E-state index in [-0.39, 0.29) is 23.0 Å². The van der Waals surface area contributed by atoms with Gasteiger partial charge in [-0.3, -0.25) is 0 Å². The van der Waals surface area contributed by atoms with Gasteiger partial charge in [0.25, 0.3) is 0 Å². The van der Waals surface area contributed by atoms with Crippen LogP contribution in [-0.2, 0) is 19.5 Å². The summed E-state index contributed by atoms with van der Waals surface area (Å²) in [5.41, 5.74) is -0.808. The lowest BCUT2D eigenvalue weighted by Crippen LogP contribution is -2.48. The maximum Gasteiger partial charge on any atom is 0.410 e. The van der Waals surface area contributed by atoms with E-state index < -0.39 is 15.6 Å². The molecule has 1 spiro atoms. The van der Waals surface area contributed by atoms with Gasteiger partial charge >= 0.3 is 6.09 Å². The molecule has 24 heavy (non-hydrogen) atoms. The van der Waals surface area contributed by atoms with E-state index in [1.807, 2.05) is 20.8 Å². The molecular weight excluding hydrogens is 332 g/mol. The Labute approximate surface area is 144 Å². The zero-order valence-electron chi connectivity index (χ0n) is 14.7. The van der Waals surface area contributed by atoms with Gasteiger partial charge in [0.15, 0.2) is 0 Å². The number of ether oxygens (including phenoxy) is 2. The number of likely N-dealkylation sites (tertiary alicyclic amines) is 1. The maximum absolute atomic E-state index is 12.1. The monoisotopic (exact) mass is 360 g/mol. The summed E-state index contributed by atoms with van der Waals surface area (Å²) in [5, 5.41) is -0.205. The van der Waals surface area contributed by atoms with Crippen LogP contribution in [0.3, 0.4) is 0 Å². The summed E-state index contributed by atoms with van der Waals surface area (Å²) in [7, 11) is -3.18. The van der Waals surface area contributed by atoms with Crippen LogP contribution in [0.4, 0.5) is 4.79 Å². The van der Waals surface area contributed by atoms with Gasteiger partial charge in [-0.2, -0.15) is 0 Å². The predicted molar refractivity (Wildman–Crippen MR) is 89.2 cm³/mol. The Bertz CT molecular complexity index is 586. The zero-order valence-corrected chi connectivity index (χ0v) is 15.5. The van der Waals surface area contributed by atoms with E-state index in [0.29, 0.717) is 39.0 Å². The molecule has 1 amide bonds. The lowest BCUT2D eigenvalue weighted by Gasteiger charge is -2.39. The molecule has 0 bridgehead atoms. The van der Waals surface area contributed by atoms with E-state index in [9.17, 15) is 13.2 Å². The maximum atomic E-state index is 12.1. The fourth-order valence-corrected chi connectivity index (χ4v) is 4.96. The summed E-state index contributed by atoms with van der Waals surface area (Å²) in [6.07, 6.45) is 3.35. The van der Waals surface area contributed by atoms with E-state index in [4.69, 9.17) is 9.47 Å². The molecule has 0 aromatic heterocycles. The van der Waals surface area contributed by atoms with Gasteiger partial charge in [0.05, 0.1) is 17.5 Å². The standard InChI is InChI=1S/C16H28N2O5S/c1-15(2,3)23-14(19)18-8-6-16(7-9-18)10-12(11-22-16)17-24(20,21)13-4-5-13/h12-13,17H,4-11H2,1-3H3/t12-/m1/s1. The molecule has 8 heteroatoms. The van der Waals surface area contributed by atoms with E-state index in [1.165, 1.54) is 0 Å². The minimum absolute atomic E-state index is 0.149. The van der Waals surface area contributed by atoms with Crippen molar-refractivity contribution in [3.05, 3.63) is 0 Å². The van der Waals surface area contributed by atoms with Crippen LogP contribution in [0.2, 0.25) is 0 Å². The highest BCUT2D eigenvalue weighted by molar-refractivity contribution is 7.90. The molecule has 0 aromatic carbocycles. The van der Waals surface area contributed by atoms with Crippen LogP contribution in [-0.4, -0.2) is 61.6 Å². The molecule has 1 saturated carbocycles. The van der Waals surface area contributed by atoms with Crippen molar-refractivity contribution in [1.82, 2.24) is 9.62 Å². The van der Waals surface area contributed by atoms with Gasteiger partial charge in [0.2, 0.25) is 10.0 Å². The summed E-state index contributed by atoms with van der Waals surface area (Å²) in [6, 6.07) is -0.149. The fraction of sp³-hybridized carbons (Fsp3) is 0.938. The average molecular weight is 360 g/mol. The van der Waals surface area contributed by atoms with Gasteiger partial charge in [-0.25, -0.2) is 17.9 Å². The van der Waals surface area contributed by atoms with Crippen LogP contribution in [0.5, 0.6) is 0 Å². The van der Waals surface area contributed by atoms with Crippen LogP contribution < -0.4 is 4.72 Å². The first-order chi connectivity index (χ1) is 11.1. The van der Waals surface area contributed by atoms with Crippen LogP contribution in [0, 0.1) is 0 Å². The summed E-state index contributed by atoms with van der Waals surface area (Å²) in [6.45, 7) is 7.14. The van der Waals surface area contributed by atoms with Gasteiger partial charge in [-0.05, 0) is 52.9 Å². The Kier molecular flexibility index (Phi) is 4.59. The molecule has 3 aliphatic rings. The molecule has 0 aromatic rings. The predicted octanol–water partition coefficient (Wildman–Crippen LogP) is 1.63. The summed E-state index contributed by atoms with van der Waals surface area (Å²) >= 11 is 0. The number of nitrogens with one attached hydrogen (secondary N) is 1. The van der Waals surface area contributed by atoms with Crippen molar-refractivity contribution in [2.75, 3.05) is 19.7 Å². The average Bonchev–Trinajstić information content (AvgIpc) is 3.24. The van der Waals surface area contributed by atoms with Crippen LogP contribution in [0.1, 0.15) is 52.9 Å². The minimum atomic E-state index is -3.18. The third kappa shape index (κ3) is 4.21. The van der Waals surface area contributed by atoms with Crippen molar-refractivity contribution in [3.63, 3.8) is 0 Å². The molecule has 3 rings (SSSR count). The topological polar surface area (TPSA) is 84.9 Å². The fourth-order valence-electron chi connectivity index (χ4n) is 3.40. The third-order valence-electron chi connectivity index (χ3n) is 4.83. The minimum Gasteiger partial charge on any atom is -0.444 e. The van der Waals surface area contributed by atoms with Crippen molar-refractivity contribution < 1.29 is 22.7 Å². The van der Waals surface area contributed by atoms with E-state index in [0.717, 1.165) is 12.8 Å². The lowest BCUT2D eigenvalue weighted by molar-refractivity contribution is -0.0485. The van der Waals surface area contributed by atoms with Crippen molar-refractivity contribution in [2.45, 2.75) is 75.4 Å². The van der Waals surface area contributed by atoms with Gasteiger partial charge in [-0.15, -0.1) is 0 Å². The number of piperidine rings is 1. The Morgan fingerprint density at radius 1 is 1.25 bits per heavy atom. The highest BCUT2D eigenvalue weighted by atomic mass is 32.2. The first kappa shape index (κ1) is 17.9. The van der Waals surface area contributed by atoms with E-state index in [1.54, 1.807) is 4.90 Å². The van der Waals surface area contributed by atoms with Crippen molar-refractivity contribution in [1.29, 1.82) is 0 Å². The summed E-state index contributed by atoms with van der Waals surface area (Å²) < 4.78 is 38.3. The molecule has 2 saturated heterocycles. The van der Waals surface area contributed by atoms with Crippen LogP contribution >= 0.6 is 0 Å². The number of carbonyl (C=O) groups is 1. The SMILES string of the molecule is CC(C)(C)OC(=O)N1CCC2(CC1)C[C@@H](NS(=O)(=O)C1CC1)CO2. The molecule has 1 N–H and O–H groups in total. The number of hydrogen-bond donors (Lipinski definition) is 1. The normalized spacial score (nSPS) is 27.5. The second kappa shape index (κ2) is 6.14. The Hall–Kier alpha value is -0.860. The van der Waals surface area contributed by atoms with Crippen LogP contribution in [0.25, 0.3) is 0 Å². The van der Waals surface area contributed by atoms with Crippen molar-refractivity contribution in [3.8, 4) is 0 Å². The third-order valence-corrected chi connectivity index (χ3v) is 6.84. The van der Waals surface area contributed by atoms with E-state index in [2.05, 4.69) is 4.72 Å². The Balaban J connectivity index is 1.50. The highest BCUT2D eigenvalue weighted by Crippen LogP contribution is 2.37. The molecule has 138 valence electrons. The Morgan fingerprint density at radius 2 is 1.88 bits per heavy atom. The second-order valence-electron chi connectivity index (χ2n) is 8.22. The summed E-state index contributed by atoms with van der Waals surface area (Å²) in [4.78, 5) is 13.8. The quantitative estimate of drug-likeness (QED) is 0.827.